The first-order valence-corrected chi connectivity index (χ1v) is 8.41. The Balaban J connectivity index is 1.71. The highest BCUT2D eigenvalue weighted by Gasteiger charge is 2.29. The highest BCUT2D eigenvalue weighted by molar-refractivity contribution is 5.89. The third kappa shape index (κ3) is 4.38. The molecule has 130 valence electrons. The first-order chi connectivity index (χ1) is 12.1. The lowest BCUT2D eigenvalue weighted by Gasteiger charge is -2.33. The van der Waals surface area contributed by atoms with Crippen molar-refractivity contribution in [2.24, 2.45) is 5.92 Å². The summed E-state index contributed by atoms with van der Waals surface area (Å²) in [5, 5.41) is 8.92. The molecule has 5 heteroatoms. The summed E-state index contributed by atoms with van der Waals surface area (Å²) in [6.45, 7) is 0.704. The zero-order chi connectivity index (χ0) is 17.6. The Kier molecular flexibility index (Phi) is 5.33. The number of aliphatic carboxylic acids is 1. The second-order valence-electron chi connectivity index (χ2n) is 6.28. The van der Waals surface area contributed by atoms with Crippen LogP contribution in [-0.2, 0) is 22.6 Å². The number of para-hydroxylation sites is 1. The van der Waals surface area contributed by atoms with Crippen LogP contribution in [0.4, 0.5) is 10.5 Å². The van der Waals surface area contributed by atoms with E-state index in [0.29, 0.717) is 13.0 Å². The molecule has 25 heavy (non-hydrogen) atoms. The minimum absolute atomic E-state index is 0.111. The normalized spacial score (nSPS) is 16.2. The third-order valence-electron chi connectivity index (χ3n) is 4.42. The molecule has 1 aliphatic heterocycles. The van der Waals surface area contributed by atoms with E-state index in [9.17, 15) is 9.59 Å². The number of hydrogen-bond donors (Lipinski definition) is 1. The van der Waals surface area contributed by atoms with E-state index in [-0.39, 0.29) is 18.9 Å². The van der Waals surface area contributed by atoms with E-state index in [1.54, 1.807) is 4.90 Å². The zero-order valence-electron chi connectivity index (χ0n) is 13.9. The Labute approximate surface area is 146 Å². The number of amides is 1. The molecule has 0 spiro atoms. The van der Waals surface area contributed by atoms with Gasteiger partial charge in [0.25, 0.3) is 0 Å². The predicted molar refractivity (Wildman–Crippen MR) is 94.5 cm³/mol. The number of ether oxygens (including phenoxy) is 1. The molecule has 1 aliphatic rings. The molecule has 3 rings (SSSR count). The number of nitrogens with zero attached hydrogens (tertiary/aromatic N) is 1. The number of rotatable bonds is 5. The lowest BCUT2D eigenvalue weighted by Crippen LogP contribution is -2.40. The molecule has 1 heterocycles. The smallest absolute Gasteiger partial charge is 0.414 e. The van der Waals surface area contributed by atoms with Gasteiger partial charge in [-0.1, -0.05) is 48.5 Å². The van der Waals surface area contributed by atoms with E-state index in [1.165, 1.54) is 0 Å². The SMILES string of the molecule is O=C(O)CCC1Cc2ccccc2N(C(=O)OCc2ccccc2)C1. The quantitative estimate of drug-likeness (QED) is 0.898. The van der Waals surface area contributed by atoms with Crippen LogP contribution in [0.1, 0.15) is 24.0 Å². The number of benzene rings is 2. The van der Waals surface area contributed by atoms with E-state index in [1.807, 2.05) is 54.6 Å². The van der Waals surface area contributed by atoms with Gasteiger partial charge >= 0.3 is 12.1 Å². The van der Waals surface area contributed by atoms with Gasteiger partial charge in [0.05, 0.1) is 5.69 Å². The standard InChI is InChI=1S/C20H21NO4/c22-19(23)11-10-16-12-17-8-4-5-9-18(17)21(13-16)20(24)25-14-15-6-2-1-3-7-15/h1-9,16H,10-14H2,(H,22,23). The minimum Gasteiger partial charge on any atom is -0.481 e. The molecule has 2 aromatic carbocycles. The Bertz CT molecular complexity index is 744. The summed E-state index contributed by atoms with van der Waals surface area (Å²) >= 11 is 0. The molecular weight excluding hydrogens is 318 g/mol. The molecule has 1 atom stereocenters. The highest BCUT2D eigenvalue weighted by atomic mass is 16.6. The topological polar surface area (TPSA) is 66.8 Å². The van der Waals surface area contributed by atoms with Gasteiger partial charge in [0.1, 0.15) is 6.61 Å². The lowest BCUT2D eigenvalue weighted by molar-refractivity contribution is -0.137. The summed E-state index contributed by atoms with van der Waals surface area (Å²) in [7, 11) is 0. The van der Waals surface area contributed by atoms with Gasteiger partial charge in [-0.3, -0.25) is 9.69 Å². The van der Waals surface area contributed by atoms with Crippen molar-refractivity contribution in [2.75, 3.05) is 11.4 Å². The lowest BCUT2D eigenvalue weighted by atomic mass is 9.89. The largest absolute Gasteiger partial charge is 0.481 e. The number of carbonyl (C=O) groups is 2. The van der Waals surface area contributed by atoms with Gasteiger partial charge in [-0.05, 0) is 36.0 Å². The minimum atomic E-state index is -0.808. The zero-order valence-corrected chi connectivity index (χ0v) is 13.9. The molecule has 0 saturated heterocycles. The van der Waals surface area contributed by atoms with Crippen molar-refractivity contribution >= 4 is 17.7 Å². The van der Waals surface area contributed by atoms with Crippen LogP contribution in [-0.4, -0.2) is 23.7 Å². The molecule has 0 saturated carbocycles. The van der Waals surface area contributed by atoms with E-state index < -0.39 is 12.1 Å². The Morgan fingerprint density at radius 3 is 2.56 bits per heavy atom. The molecule has 0 aliphatic carbocycles. The first-order valence-electron chi connectivity index (χ1n) is 8.41. The van der Waals surface area contributed by atoms with Gasteiger partial charge in [-0.25, -0.2) is 4.79 Å². The molecule has 2 aromatic rings. The summed E-state index contributed by atoms with van der Waals surface area (Å²) in [5.41, 5.74) is 2.84. The van der Waals surface area contributed by atoms with E-state index in [0.717, 1.165) is 23.2 Å². The van der Waals surface area contributed by atoms with E-state index >= 15 is 0 Å². The van der Waals surface area contributed by atoms with Crippen molar-refractivity contribution in [3.05, 3.63) is 65.7 Å². The third-order valence-corrected chi connectivity index (χ3v) is 4.42. The molecule has 0 fully saturated rings. The fraction of sp³-hybridized carbons (Fsp3) is 0.300. The number of anilines is 1. The van der Waals surface area contributed by atoms with Crippen LogP contribution in [0.3, 0.4) is 0 Å². The van der Waals surface area contributed by atoms with Gasteiger partial charge in [0.15, 0.2) is 0 Å². The summed E-state index contributed by atoms with van der Waals surface area (Å²) < 4.78 is 5.47. The fourth-order valence-corrected chi connectivity index (χ4v) is 3.17. The number of carbonyl (C=O) groups excluding carboxylic acids is 1. The number of carboxylic acid groups (broad SMARTS) is 1. The second kappa shape index (κ2) is 7.83. The molecule has 0 aromatic heterocycles. The van der Waals surface area contributed by atoms with Gasteiger partial charge in [0.2, 0.25) is 0 Å². The monoisotopic (exact) mass is 339 g/mol. The first kappa shape index (κ1) is 17.0. The van der Waals surface area contributed by atoms with Crippen LogP contribution in [0.5, 0.6) is 0 Å². The van der Waals surface area contributed by atoms with Crippen LogP contribution < -0.4 is 4.90 Å². The average Bonchev–Trinajstić information content (AvgIpc) is 2.64. The average molecular weight is 339 g/mol. The van der Waals surface area contributed by atoms with E-state index in [4.69, 9.17) is 9.84 Å². The van der Waals surface area contributed by atoms with Gasteiger partial charge in [-0.2, -0.15) is 0 Å². The summed E-state index contributed by atoms with van der Waals surface area (Å²) in [4.78, 5) is 25.1. The van der Waals surface area contributed by atoms with Crippen LogP contribution in [0.15, 0.2) is 54.6 Å². The number of carboxylic acids is 1. The van der Waals surface area contributed by atoms with Crippen molar-refractivity contribution in [3.8, 4) is 0 Å². The summed E-state index contributed by atoms with van der Waals surface area (Å²) in [5.74, 6) is -0.688. The van der Waals surface area contributed by atoms with Crippen molar-refractivity contribution in [2.45, 2.75) is 25.9 Å². The molecule has 1 unspecified atom stereocenters. The Morgan fingerprint density at radius 1 is 1.08 bits per heavy atom. The maximum absolute atomic E-state index is 12.6. The molecule has 0 radical (unpaired) electrons. The van der Waals surface area contributed by atoms with Gasteiger partial charge < -0.3 is 9.84 Å². The molecule has 5 nitrogen and oxygen atoms in total. The highest BCUT2D eigenvalue weighted by Crippen LogP contribution is 2.32. The van der Waals surface area contributed by atoms with Gasteiger partial charge in [0, 0.05) is 13.0 Å². The van der Waals surface area contributed by atoms with Crippen molar-refractivity contribution in [1.82, 2.24) is 0 Å². The summed E-state index contributed by atoms with van der Waals surface area (Å²) in [6.07, 6.45) is 1.05. The number of fused-ring (bicyclic) bond motifs is 1. The Hall–Kier alpha value is -2.82. The van der Waals surface area contributed by atoms with Crippen molar-refractivity contribution < 1.29 is 19.4 Å². The molecule has 1 amide bonds. The fourth-order valence-electron chi connectivity index (χ4n) is 3.17. The molecule has 1 N–H and O–H groups in total. The Morgan fingerprint density at radius 2 is 1.80 bits per heavy atom. The molecular formula is C20H21NO4. The van der Waals surface area contributed by atoms with Gasteiger partial charge in [-0.15, -0.1) is 0 Å². The molecule has 0 bridgehead atoms. The van der Waals surface area contributed by atoms with E-state index in [2.05, 4.69) is 0 Å². The van der Waals surface area contributed by atoms with Crippen LogP contribution in [0.2, 0.25) is 0 Å². The van der Waals surface area contributed by atoms with Crippen LogP contribution >= 0.6 is 0 Å². The van der Waals surface area contributed by atoms with Crippen LogP contribution in [0.25, 0.3) is 0 Å². The van der Waals surface area contributed by atoms with Crippen molar-refractivity contribution in [3.63, 3.8) is 0 Å². The predicted octanol–water partition coefficient (Wildman–Crippen LogP) is 3.87. The summed E-state index contributed by atoms with van der Waals surface area (Å²) in [6, 6.07) is 17.3. The van der Waals surface area contributed by atoms with Crippen molar-refractivity contribution in [1.29, 1.82) is 0 Å². The maximum Gasteiger partial charge on any atom is 0.414 e. The maximum atomic E-state index is 12.6. The van der Waals surface area contributed by atoms with Crippen LogP contribution in [0, 0.1) is 5.92 Å². The number of hydrogen-bond acceptors (Lipinski definition) is 3. The second-order valence-corrected chi connectivity index (χ2v) is 6.28.